The van der Waals surface area contributed by atoms with Crippen molar-refractivity contribution in [3.63, 3.8) is 0 Å². The third-order valence-electron chi connectivity index (χ3n) is 5.49. The van der Waals surface area contributed by atoms with E-state index in [9.17, 15) is 0 Å². The second-order valence-corrected chi connectivity index (χ2v) is 9.09. The number of thioether (sulfide) groups is 1. The van der Waals surface area contributed by atoms with Crippen molar-refractivity contribution >= 4 is 11.8 Å². The van der Waals surface area contributed by atoms with Crippen molar-refractivity contribution in [3.8, 4) is 0 Å². The molecule has 21 heavy (non-hydrogen) atoms. The first-order chi connectivity index (χ1) is 10.4. The Kier molecular flexibility index (Phi) is 9.99. The maximum absolute atomic E-state index is 2.42. The molecular weight excluding hydrogens is 272 g/mol. The van der Waals surface area contributed by atoms with Crippen molar-refractivity contribution in [3.05, 3.63) is 0 Å². The van der Waals surface area contributed by atoms with Crippen LogP contribution in [0, 0.1) is 0 Å². The van der Waals surface area contributed by atoms with Crippen LogP contribution < -0.4 is 0 Å². The number of hydrogen-bond donors (Lipinski definition) is 0. The van der Waals surface area contributed by atoms with Gasteiger partial charge in [0, 0.05) is 10.5 Å². The Balaban J connectivity index is 1.74. The molecule has 2 aliphatic rings. The van der Waals surface area contributed by atoms with Gasteiger partial charge in [0.05, 0.1) is 0 Å². The van der Waals surface area contributed by atoms with Crippen molar-refractivity contribution in [1.29, 1.82) is 0 Å². The van der Waals surface area contributed by atoms with E-state index in [0.717, 1.165) is 10.5 Å². The first kappa shape index (κ1) is 17.7. The Bertz CT molecular complexity index is 194. The molecule has 0 aromatic rings. The van der Waals surface area contributed by atoms with E-state index < -0.39 is 0 Å². The molecule has 0 N–H and O–H groups in total. The van der Waals surface area contributed by atoms with Crippen LogP contribution in [0.3, 0.4) is 0 Å². The second-order valence-electron chi connectivity index (χ2n) is 7.48. The summed E-state index contributed by atoms with van der Waals surface area (Å²) in [6.07, 6.45) is 27.1. The Hall–Kier alpha value is 0.350. The zero-order valence-corrected chi connectivity index (χ0v) is 15.1. The highest BCUT2D eigenvalue weighted by Gasteiger charge is 2.17. The molecule has 0 saturated heterocycles. The highest BCUT2D eigenvalue weighted by molar-refractivity contribution is 8.00. The molecule has 0 heterocycles. The zero-order chi connectivity index (χ0) is 14.6. The van der Waals surface area contributed by atoms with Crippen molar-refractivity contribution < 1.29 is 0 Å². The molecule has 2 rings (SSSR count). The SMILES string of the molecule is C1CCCCC(SC2CCCCCCCCC2)CCCC1. The molecule has 0 amide bonds. The standard InChI is InChI=1S/C20H38S/c1-3-7-11-15-19(16-12-8-4-1)21-20-17-13-9-5-2-6-10-14-18-20/h19-20H,1-18H2. The van der Waals surface area contributed by atoms with Crippen molar-refractivity contribution in [2.45, 2.75) is 126 Å². The van der Waals surface area contributed by atoms with E-state index in [1.165, 1.54) is 116 Å². The van der Waals surface area contributed by atoms with Crippen molar-refractivity contribution in [1.82, 2.24) is 0 Å². The van der Waals surface area contributed by atoms with Gasteiger partial charge in [-0.15, -0.1) is 0 Å². The van der Waals surface area contributed by atoms with Crippen LogP contribution in [-0.2, 0) is 0 Å². The number of hydrogen-bond acceptors (Lipinski definition) is 1. The van der Waals surface area contributed by atoms with Crippen LogP contribution >= 0.6 is 11.8 Å². The summed E-state index contributed by atoms with van der Waals surface area (Å²) < 4.78 is 0. The molecular formula is C20H38S. The van der Waals surface area contributed by atoms with Crippen LogP contribution in [-0.4, -0.2) is 10.5 Å². The third-order valence-corrected chi connectivity index (χ3v) is 7.20. The van der Waals surface area contributed by atoms with Gasteiger partial charge >= 0.3 is 0 Å². The molecule has 0 aromatic carbocycles. The third kappa shape index (κ3) is 8.53. The Labute approximate surface area is 138 Å². The molecule has 0 unspecified atom stereocenters. The molecule has 124 valence electrons. The predicted octanol–water partition coefficient (Wildman–Crippen LogP) is 7.51. The second kappa shape index (κ2) is 11.9. The molecule has 0 radical (unpaired) electrons. The van der Waals surface area contributed by atoms with Gasteiger partial charge in [-0.05, 0) is 25.7 Å². The monoisotopic (exact) mass is 310 g/mol. The molecule has 0 atom stereocenters. The van der Waals surface area contributed by atoms with Crippen LogP contribution in [0.2, 0.25) is 0 Å². The first-order valence-electron chi connectivity index (χ1n) is 10.1. The van der Waals surface area contributed by atoms with Gasteiger partial charge in [-0.1, -0.05) is 89.9 Å². The van der Waals surface area contributed by atoms with Crippen LogP contribution in [0.15, 0.2) is 0 Å². The molecule has 1 heteroatoms. The van der Waals surface area contributed by atoms with E-state index in [0.29, 0.717) is 0 Å². The highest BCUT2D eigenvalue weighted by Crippen LogP contribution is 2.34. The highest BCUT2D eigenvalue weighted by atomic mass is 32.2. The molecule has 0 nitrogen and oxygen atoms in total. The summed E-state index contributed by atoms with van der Waals surface area (Å²) in [7, 11) is 0. The van der Waals surface area contributed by atoms with Crippen molar-refractivity contribution in [2.75, 3.05) is 0 Å². The summed E-state index contributed by atoms with van der Waals surface area (Å²) in [5.74, 6) is 0. The Morgan fingerprint density at radius 2 is 0.571 bits per heavy atom. The average Bonchev–Trinajstić information content (AvgIpc) is 2.52. The first-order valence-corrected chi connectivity index (χ1v) is 11.0. The Morgan fingerprint density at radius 3 is 0.857 bits per heavy atom. The molecule has 2 aliphatic carbocycles. The molecule has 2 fully saturated rings. The Morgan fingerprint density at radius 1 is 0.333 bits per heavy atom. The number of rotatable bonds is 2. The van der Waals surface area contributed by atoms with Crippen LogP contribution in [0.1, 0.15) is 116 Å². The fourth-order valence-corrected chi connectivity index (χ4v) is 5.84. The van der Waals surface area contributed by atoms with Crippen LogP contribution in [0.25, 0.3) is 0 Å². The smallest absolute Gasteiger partial charge is 0.00498 e. The molecule has 0 aromatic heterocycles. The lowest BCUT2D eigenvalue weighted by Crippen LogP contribution is -2.13. The van der Waals surface area contributed by atoms with E-state index in [2.05, 4.69) is 11.8 Å². The van der Waals surface area contributed by atoms with Gasteiger partial charge in [0.25, 0.3) is 0 Å². The summed E-state index contributed by atoms with van der Waals surface area (Å²) in [5, 5.41) is 1.99. The lowest BCUT2D eigenvalue weighted by atomic mass is 10.0. The minimum atomic E-state index is 0.996. The summed E-state index contributed by atoms with van der Waals surface area (Å²) >= 11 is 2.42. The maximum Gasteiger partial charge on any atom is 0.00498 e. The molecule has 0 aliphatic heterocycles. The lowest BCUT2D eigenvalue weighted by Gasteiger charge is -2.25. The minimum absolute atomic E-state index is 0.996. The fourth-order valence-electron chi connectivity index (χ4n) is 4.09. The topological polar surface area (TPSA) is 0 Å². The van der Waals surface area contributed by atoms with Crippen LogP contribution in [0.5, 0.6) is 0 Å². The summed E-state index contributed by atoms with van der Waals surface area (Å²) in [4.78, 5) is 0. The predicted molar refractivity (Wildman–Crippen MR) is 98.3 cm³/mol. The van der Waals surface area contributed by atoms with Gasteiger partial charge in [0.1, 0.15) is 0 Å². The van der Waals surface area contributed by atoms with Gasteiger partial charge in [0.2, 0.25) is 0 Å². The van der Waals surface area contributed by atoms with Gasteiger partial charge in [-0.25, -0.2) is 0 Å². The molecule has 0 spiro atoms. The largest absolute Gasteiger partial charge is 0.155 e. The van der Waals surface area contributed by atoms with Gasteiger partial charge in [-0.2, -0.15) is 11.8 Å². The normalized spacial score (nSPS) is 26.3. The average molecular weight is 311 g/mol. The van der Waals surface area contributed by atoms with Gasteiger partial charge in [0.15, 0.2) is 0 Å². The zero-order valence-electron chi connectivity index (χ0n) is 14.3. The summed E-state index contributed by atoms with van der Waals surface area (Å²) in [6.45, 7) is 0. The van der Waals surface area contributed by atoms with Gasteiger partial charge < -0.3 is 0 Å². The quantitative estimate of drug-likeness (QED) is 0.508. The van der Waals surface area contributed by atoms with Crippen LogP contribution in [0.4, 0.5) is 0 Å². The maximum atomic E-state index is 2.42. The van der Waals surface area contributed by atoms with E-state index in [1.807, 2.05) is 0 Å². The van der Waals surface area contributed by atoms with Gasteiger partial charge in [-0.3, -0.25) is 0 Å². The fraction of sp³-hybridized carbons (Fsp3) is 1.00. The van der Waals surface area contributed by atoms with E-state index in [1.54, 1.807) is 0 Å². The summed E-state index contributed by atoms with van der Waals surface area (Å²) in [5.41, 5.74) is 0. The summed E-state index contributed by atoms with van der Waals surface area (Å²) in [6, 6.07) is 0. The molecule has 2 saturated carbocycles. The minimum Gasteiger partial charge on any atom is -0.155 e. The van der Waals surface area contributed by atoms with E-state index in [-0.39, 0.29) is 0 Å². The van der Waals surface area contributed by atoms with E-state index in [4.69, 9.17) is 0 Å². The van der Waals surface area contributed by atoms with Crippen molar-refractivity contribution in [2.24, 2.45) is 0 Å². The lowest BCUT2D eigenvalue weighted by molar-refractivity contribution is 0.498. The molecule has 0 bridgehead atoms. The van der Waals surface area contributed by atoms with E-state index >= 15 is 0 Å².